The largest absolute Gasteiger partial charge is 0.450 e. The number of hydrogen-bond acceptors (Lipinski definition) is 5. The normalized spacial score (nSPS) is 14.6. The summed E-state index contributed by atoms with van der Waals surface area (Å²) in [4.78, 5) is 25.9. The molecule has 0 saturated carbocycles. The highest BCUT2D eigenvalue weighted by molar-refractivity contribution is 7.71. The fraction of sp³-hybridized carbons (Fsp3) is 0.500. The van der Waals surface area contributed by atoms with E-state index in [-0.39, 0.29) is 18.0 Å². The average molecular weight is 418 g/mol. The maximum Gasteiger partial charge on any atom is 0.409 e. The van der Waals surface area contributed by atoms with Crippen LogP contribution in [0.4, 0.5) is 4.79 Å². The smallest absolute Gasteiger partial charge is 0.409 e. The molecule has 1 fully saturated rings. The summed E-state index contributed by atoms with van der Waals surface area (Å²) < 4.78 is 7.37. The van der Waals surface area contributed by atoms with Crippen LogP contribution in [0, 0.1) is 11.7 Å². The number of likely N-dealkylation sites (tertiary alicyclic amines) is 1. The molecule has 1 aliphatic rings. The second kappa shape index (κ2) is 9.69. The molecule has 156 valence electrons. The standard InChI is InChI=1S/C20H27N5O3S/c1-3-28-20(27)24-10-7-16(8-11-24)21-17(26)9-12-25-18(22-23-19(25)29)15-6-4-5-14(2)13-15/h4-6,13,16H,3,7-12H2,1-2H3,(H,21,26)(H,23,29). The predicted octanol–water partition coefficient (Wildman–Crippen LogP) is 3.04. The molecule has 2 amide bonds. The third-order valence-electron chi connectivity index (χ3n) is 4.98. The van der Waals surface area contributed by atoms with Gasteiger partial charge in [-0.2, -0.15) is 5.10 Å². The van der Waals surface area contributed by atoms with Crippen LogP contribution in [0.3, 0.4) is 0 Å². The van der Waals surface area contributed by atoms with Gasteiger partial charge >= 0.3 is 6.09 Å². The number of carbonyl (C=O) groups excluding carboxylic acids is 2. The number of ether oxygens (including phenoxy) is 1. The van der Waals surface area contributed by atoms with Crippen LogP contribution in [0.2, 0.25) is 0 Å². The molecule has 0 unspecified atom stereocenters. The first-order valence-electron chi connectivity index (χ1n) is 9.91. The molecule has 2 aromatic rings. The SMILES string of the molecule is CCOC(=O)N1CCC(NC(=O)CCn2c(-c3cccc(C)c3)n[nH]c2=S)CC1. The third-order valence-corrected chi connectivity index (χ3v) is 5.29. The van der Waals surface area contributed by atoms with Crippen LogP contribution < -0.4 is 5.32 Å². The van der Waals surface area contributed by atoms with Crippen molar-refractivity contribution in [1.29, 1.82) is 0 Å². The highest BCUT2D eigenvalue weighted by Crippen LogP contribution is 2.19. The van der Waals surface area contributed by atoms with E-state index in [1.807, 2.05) is 35.8 Å². The lowest BCUT2D eigenvalue weighted by Gasteiger charge is -2.31. The van der Waals surface area contributed by atoms with Crippen molar-refractivity contribution in [1.82, 2.24) is 25.0 Å². The highest BCUT2D eigenvalue weighted by atomic mass is 32.1. The summed E-state index contributed by atoms with van der Waals surface area (Å²) in [7, 11) is 0. The number of aromatic nitrogens is 3. The van der Waals surface area contributed by atoms with Gasteiger partial charge in [0.2, 0.25) is 5.91 Å². The van der Waals surface area contributed by atoms with Crippen molar-refractivity contribution >= 4 is 24.2 Å². The number of nitrogens with one attached hydrogen (secondary N) is 2. The molecule has 9 heteroatoms. The Kier molecular flexibility index (Phi) is 7.03. The topological polar surface area (TPSA) is 92.2 Å². The molecule has 8 nitrogen and oxygen atoms in total. The molecule has 1 saturated heterocycles. The fourth-order valence-electron chi connectivity index (χ4n) is 3.46. The summed E-state index contributed by atoms with van der Waals surface area (Å²) in [6.07, 6.45) is 1.48. The summed E-state index contributed by atoms with van der Waals surface area (Å²) in [5.41, 5.74) is 2.10. The van der Waals surface area contributed by atoms with E-state index in [2.05, 4.69) is 15.5 Å². The van der Waals surface area contributed by atoms with E-state index in [4.69, 9.17) is 17.0 Å². The van der Waals surface area contributed by atoms with Crippen molar-refractivity contribution in [2.45, 2.75) is 45.7 Å². The zero-order valence-electron chi connectivity index (χ0n) is 16.8. The molecular formula is C20H27N5O3S. The van der Waals surface area contributed by atoms with E-state index in [0.717, 1.165) is 29.8 Å². The van der Waals surface area contributed by atoms with Gasteiger partial charge in [0.15, 0.2) is 10.6 Å². The molecule has 0 atom stereocenters. The number of benzene rings is 1. The lowest BCUT2D eigenvalue weighted by Crippen LogP contribution is -2.46. The average Bonchev–Trinajstić information content (AvgIpc) is 3.07. The first-order chi connectivity index (χ1) is 14.0. The quantitative estimate of drug-likeness (QED) is 0.705. The van der Waals surface area contributed by atoms with Gasteiger partial charge in [-0.15, -0.1) is 0 Å². The molecule has 1 aromatic carbocycles. The molecule has 3 rings (SSSR count). The van der Waals surface area contributed by atoms with Gasteiger partial charge in [0.1, 0.15) is 0 Å². The molecular weight excluding hydrogens is 390 g/mol. The Hall–Kier alpha value is -2.68. The van der Waals surface area contributed by atoms with Gasteiger partial charge in [0.25, 0.3) is 0 Å². The molecule has 1 aliphatic heterocycles. The van der Waals surface area contributed by atoms with Gasteiger partial charge in [-0.25, -0.2) is 4.79 Å². The Morgan fingerprint density at radius 1 is 1.34 bits per heavy atom. The Labute approximate surface area is 175 Å². The Balaban J connectivity index is 1.53. The van der Waals surface area contributed by atoms with E-state index >= 15 is 0 Å². The summed E-state index contributed by atoms with van der Waals surface area (Å²) in [5.74, 6) is 0.701. The number of aryl methyl sites for hydroxylation is 1. The number of nitrogens with zero attached hydrogens (tertiary/aromatic N) is 3. The summed E-state index contributed by atoms with van der Waals surface area (Å²) in [6, 6.07) is 8.09. The van der Waals surface area contributed by atoms with Gasteiger partial charge in [0.05, 0.1) is 6.61 Å². The minimum Gasteiger partial charge on any atom is -0.450 e. The van der Waals surface area contributed by atoms with Gasteiger partial charge < -0.3 is 15.0 Å². The number of carbonyl (C=O) groups is 2. The molecule has 0 aliphatic carbocycles. The van der Waals surface area contributed by atoms with E-state index in [9.17, 15) is 9.59 Å². The monoisotopic (exact) mass is 417 g/mol. The van der Waals surface area contributed by atoms with E-state index in [0.29, 0.717) is 37.4 Å². The van der Waals surface area contributed by atoms with Gasteiger partial charge in [0, 0.05) is 37.7 Å². The molecule has 2 N–H and O–H groups in total. The van der Waals surface area contributed by atoms with Crippen molar-refractivity contribution in [3.05, 3.63) is 34.6 Å². The van der Waals surface area contributed by atoms with Gasteiger partial charge in [-0.05, 0) is 45.0 Å². The Bertz CT molecular complexity index is 915. The van der Waals surface area contributed by atoms with Crippen LogP contribution in [0.25, 0.3) is 11.4 Å². The fourth-order valence-corrected chi connectivity index (χ4v) is 3.69. The molecule has 1 aromatic heterocycles. The number of aromatic amines is 1. The first-order valence-corrected chi connectivity index (χ1v) is 10.3. The second-order valence-corrected chi connectivity index (χ2v) is 7.54. The number of amides is 2. The van der Waals surface area contributed by atoms with Crippen molar-refractivity contribution in [2.75, 3.05) is 19.7 Å². The molecule has 2 heterocycles. The number of H-pyrrole nitrogens is 1. The maximum absolute atomic E-state index is 12.4. The summed E-state index contributed by atoms with van der Waals surface area (Å²) >= 11 is 5.34. The summed E-state index contributed by atoms with van der Waals surface area (Å²) in [6.45, 7) is 5.82. The van der Waals surface area contributed by atoms with Crippen LogP contribution in [-0.2, 0) is 16.1 Å². The van der Waals surface area contributed by atoms with Crippen LogP contribution in [0.5, 0.6) is 0 Å². The van der Waals surface area contributed by atoms with Crippen LogP contribution >= 0.6 is 12.2 Å². The van der Waals surface area contributed by atoms with E-state index in [1.54, 1.807) is 11.8 Å². The summed E-state index contributed by atoms with van der Waals surface area (Å²) in [5, 5.41) is 10.2. The zero-order chi connectivity index (χ0) is 20.8. The first kappa shape index (κ1) is 21.0. The number of piperidine rings is 1. The van der Waals surface area contributed by atoms with Crippen molar-refractivity contribution in [3.63, 3.8) is 0 Å². The molecule has 0 bridgehead atoms. The minimum absolute atomic E-state index is 0.0297. The maximum atomic E-state index is 12.4. The van der Waals surface area contributed by atoms with E-state index in [1.165, 1.54) is 0 Å². The minimum atomic E-state index is -0.282. The zero-order valence-corrected chi connectivity index (χ0v) is 17.6. The molecule has 0 radical (unpaired) electrons. The Morgan fingerprint density at radius 3 is 2.79 bits per heavy atom. The van der Waals surface area contributed by atoms with Crippen molar-refractivity contribution < 1.29 is 14.3 Å². The highest BCUT2D eigenvalue weighted by Gasteiger charge is 2.24. The predicted molar refractivity (Wildman–Crippen MR) is 112 cm³/mol. The van der Waals surface area contributed by atoms with Crippen molar-refractivity contribution in [3.8, 4) is 11.4 Å². The van der Waals surface area contributed by atoms with Crippen LogP contribution in [0.15, 0.2) is 24.3 Å². The Morgan fingerprint density at radius 2 is 2.10 bits per heavy atom. The van der Waals surface area contributed by atoms with E-state index < -0.39 is 0 Å². The molecule has 0 spiro atoms. The lowest BCUT2D eigenvalue weighted by atomic mass is 10.1. The van der Waals surface area contributed by atoms with Crippen molar-refractivity contribution in [2.24, 2.45) is 0 Å². The third kappa shape index (κ3) is 5.44. The van der Waals surface area contributed by atoms with Gasteiger partial charge in [-0.3, -0.25) is 14.5 Å². The lowest BCUT2D eigenvalue weighted by molar-refractivity contribution is -0.122. The van der Waals surface area contributed by atoms with Crippen LogP contribution in [0.1, 0.15) is 31.7 Å². The molecule has 29 heavy (non-hydrogen) atoms. The number of rotatable bonds is 6. The van der Waals surface area contributed by atoms with Crippen LogP contribution in [-0.4, -0.2) is 57.4 Å². The number of hydrogen-bond donors (Lipinski definition) is 2. The second-order valence-electron chi connectivity index (χ2n) is 7.15. The van der Waals surface area contributed by atoms with Gasteiger partial charge in [-0.1, -0.05) is 23.8 Å².